The summed E-state index contributed by atoms with van der Waals surface area (Å²) >= 11 is 0. The number of aromatic nitrogens is 2. The Morgan fingerprint density at radius 2 is 2.10 bits per heavy atom. The van der Waals surface area contributed by atoms with Crippen LogP contribution in [0.5, 0.6) is 0 Å². The van der Waals surface area contributed by atoms with E-state index in [1.54, 1.807) is 0 Å². The molecule has 1 aromatic carbocycles. The molecule has 2 heterocycles. The van der Waals surface area contributed by atoms with E-state index in [0.29, 0.717) is 12.1 Å². The monoisotopic (exact) mass is 273 g/mol. The Kier molecular flexibility index (Phi) is 4.03. The first-order chi connectivity index (χ1) is 9.72. The van der Waals surface area contributed by atoms with Gasteiger partial charge >= 0.3 is 0 Å². The van der Waals surface area contributed by atoms with Crippen molar-refractivity contribution in [2.75, 3.05) is 6.54 Å². The highest BCUT2D eigenvalue weighted by atomic mass is 16.5. The molecular weight excluding hydrogens is 250 g/mol. The van der Waals surface area contributed by atoms with Crippen LogP contribution in [-0.4, -0.2) is 34.6 Å². The minimum atomic E-state index is 0.289. The summed E-state index contributed by atoms with van der Waals surface area (Å²) in [6.07, 6.45) is 4.84. The first-order valence-corrected chi connectivity index (χ1v) is 7.52. The highest BCUT2D eigenvalue weighted by Crippen LogP contribution is 2.22. The van der Waals surface area contributed by atoms with Gasteiger partial charge in [-0.2, -0.15) is 5.10 Å². The maximum Gasteiger partial charge on any atom is 0.0776 e. The van der Waals surface area contributed by atoms with Gasteiger partial charge < -0.3 is 10.1 Å². The number of benzene rings is 1. The molecule has 1 saturated heterocycles. The third kappa shape index (κ3) is 3.02. The summed E-state index contributed by atoms with van der Waals surface area (Å²) in [5.74, 6) is 0. The summed E-state index contributed by atoms with van der Waals surface area (Å²) in [7, 11) is 0. The van der Waals surface area contributed by atoms with E-state index < -0.39 is 0 Å². The first kappa shape index (κ1) is 13.6. The molecule has 4 nitrogen and oxygen atoms in total. The second-order valence-electron chi connectivity index (χ2n) is 5.91. The molecule has 2 atom stereocenters. The van der Waals surface area contributed by atoms with Crippen molar-refractivity contribution >= 4 is 10.9 Å². The Hall–Kier alpha value is -1.39. The number of para-hydroxylation sites is 1. The number of rotatable bonds is 5. The van der Waals surface area contributed by atoms with Crippen LogP contribution in [0.15, 0.2) is 30.5 Å². The van der Waals surface area contributed by atoms with Gasteiger partial charge in [0, 0.05) is 18.0 Å². The van der Waals surface area contributed by atoms with Crippen molar-refractivity contribution in [1.29, 1.82) is 0 Å². The zero-order chi connectivity index (χ0) is 13.9. The Balaban J connectivity index is 1.59. The molecule has 2 unspecified atom stereocenters. The molecule has 1 aliphatic heterocycles. The predicted molar refractivity (Wildman–Crippen MR) is 80.8 cm³/mol. The van der Waals surface area contributed by atoms with E-state index >= 15 is 0 Å². The maximum absolute atomic E-state index is 6.11. The summed E-state index contributed by atoms with van der Waals surface area (Å²) in [6.45, 7) is 6.14. The van der Waals surface area contributed by atoms with Crippen LogP contribution in [0.3, 0.4) is 0 Å². The van der Waals surface area contributed by atoms with Gasteiger partial charge in [0.05, 0.1) is 30.5 Å². The van der Waals surface area contributed by atoms with Crippen LogP contribution in [0, 0.1) is 0 Å². The fourth-order valence-electron chi connectivity index (χ4n) is 2.80. The Bertz CT molecular complexity index is 564. The number of hydrogen-bond acceptors (Lipinski definition) is 3. The zero-order valence-electron chi connectivity index (χ0n) is 12.2. The van der Waals surface area contributed by atoms with Crippen molar-refractivity contribution in [2.24, 2.45) is 0 Å². The van der Waals surface area contributed by atoms with Crippen molar-refractivity contribution in [3.63, 3.8) is 0 Å². The lowest BCUT2D eigenvalue weighted by molar-refractivity contribution is 0.0340. The molecule has 0 amide bonds. The van der Waals surface area contributed by atoms with Crippen LogP contribution in [0.4, 0.5) is 0 Å². The average molecular weight is 273 g/mol. The first-order valence-electron chi connectivity index (χ1n) is 7.52. The normalized spacial score (nSPS) is 22.9. The number of hydrogen-bond donors (Lipinski definition) is 1. The minimum Gasteiger partial charge on any atom is -0.372 e. The molecule has 0 aliphatic carbocycles. The second-order valence-corrected chi connectivity index (χ2v) is 5.91. The van der Waals surface area contributed by atoms with Gasteiger partial charge in [-0.15, -0.1) is 0 Å². The van der Waals surface area contributed by atoms with Crippen molar-refractivity contribution in [1.82, 2.24) is 15.1 Å². The fourth-order valence-corrected chi connectivity index (χ4v) is 2.80. The molecule has 0 spiro atoms. The Morgan fingerprint density at radius 1 is 1.30 bits per heavy atom. The molecule has 0 bridgehead atoms. The topological polar surface area (TPSA) is 39.1 Å². The van der Waals surface area contributed by atoms with Gasteiger partial charge in [0.25, 0.3) is 0 Å². The molecule has 3 rings (SSSR count). The van der Waals surface area contributed by atoms with E-state index in [0.717, 1.165) is 25.9 Å². The standard InChI is InChI=1S/C16H23N3O/c1-12(2)17-10-14-7-8-15(20-14)11-19-16-6-4-3-5-13(16)9-18-19/h3-6,9,12,14-15,17H,7-8,10-11H2,1-2H3. The molecule has 2 aromatic rings. The predicted octanol–water partition coefficient (Wildman–Crippen LogP) is 2.58. The Labute approximate surface area is 120 Å². The molecule has 108 valence electrons. The fraction of sp³-hybridized carbons (Fsp3) is 0.562. The van der Waals surface area contributed by atoms with E-state index in [2.05, 4.69) is 47.1 Å². The van der Waals surface area contributed by atoms with Gasteiger partial charge in [0.1, 0.15) is 0 Å². The van der Waals surface area contributed by atoms with E-state index in [1.807, 2.05) is 12.3 Å². The number of nitrogens with zero attached hydrogens (tertiary/aromatic N) is 2. The minimum absolute atomic E-state index is 0.289. The second kappa shape index (κ2) is 5.94. The highest BCUT2D eigenvalue weighted by molar-refractivity contribution is 5.78. The van der Waals surface area contributed by atoms with Crippen LogP contribution in [-0.2, 0) is 11.3 Å². The molecule has 20 heavy (non-hydrogen) atoms. The largest absolute Gasteiger partial charge is 0.372 e. The zero-order valence-corrected chi connectivity index (χ0v) is 12.2. The van der Waals surface area contributed by atoms with Crippen LogP contribution < -0.4 is 5.32 Å². The summed E-state index contributed by atoms with van der Waals surface area (Å²) in [4.78, 5) is 0. The van der Waals surface area contributed by atoms with Gasteiger partial charge in [0.2, 0.25) is 0 Å². The van der Waals surface area contributed by atoms with E-state index in [4.69, 9.17) is 4.74 Å². The smallest absolute Gasteiger partial charge is 0.0776 e. The van der Waals surface area contributed by atoms with Gasteiger partial charge in [0.15, 0.2) is 0 Å². The van der Waals surface area contributed by atoms with Crippen molar-refractivity contribution in [3.8, 4) is 0 Å². The Morgan fingerprint density at radius 3 is 2.95 bits per heavy atom. The van der Waals surface area contributed by atoms with Gasteiger partial charge in [-0.3, -0.25) is 4.68 Å². The van der Waals surface area contributed by atoms with Crippen molar-refractivity contribution in [2.45, 2.75) is 51.5 Å². The van der Waals surface area contributed by atoms with Crippen molar-refractivity contribution < 1.29 is 4.74 Å². The molecule has 4 heteroatoms. The van der Waals surface area contributed by atoms with Crippen molar-refractivity contribution in [3.05, 3.63) is 30.5 Å². The van der Waals surface area contributed by atoms with E-state index in [1.165, 1.54) is 10.9 Å². The molecule has 1 aromatic heterocycles. The number of fused-ring (bicyclic) bond motifs is 1. The molecule has 1 N–H and O–H groups in total. The van der Waals surface area contributed by atoms with Crippen LogP contribution in [0.25, 0.3) is 10.9 Å². The summed E-state index contributed by atoms with van der Waals surface area (Å²) in [5, 5.41) is 9.13. The summed E-state index contributed by atoms with van der Waals surface area (Å²) < 4.78 is 8.18. The highest BCUT2D eigenvalue weighted by Gasteiger charge is 2.25. The quantitative estimate of drug-likeness (QED) is 0.910. The summed E-state index contributed by atoms with van der Waals surface area (Å²) in [5.41, 5.74) is 1.19. The molecule has 1 fully saturated rings. The lowest BCUT2D eigenvalue weighted by Crippen LogP contribution is -2.32. The molecular formula is C16H23N3O. The summed E-state index contributed by atoms with van der Waals surface area (Å²) in [6, 6.07) is 8.85. The van der Waals surface area contributed by atoms with Crippen LogP contribution in [0.1, 0.15) is 26.7 Å². The lowest BCUT2D eigenvalue weighted by Gasteiger charge is -2.16. The SMILES string of the molecule is CC(C)NCC1CCC(Cn2ncc3ccccc32)O1. The van der Waals surface area contributed by atoms with Gasteiger partial charge in [-0.05, 0) is 18.9 Å². The number of nitrogens with one attached hydrogen (secondary N) is 1. The van der Waals surface area contributed by atoms with E-state index in [9.17, 15) is 0 Å². The molecule has 0 saturated carbocycles. The van der Waals surface area contributed by atoms with Crippen LogP contribution in [0.2, 0.25) is 0 Å². The van der Waals surface area contributed by atoms with Gasteiger partial charge in [-0.1, -0.05) is 32.0 Å². The van der Waals surface area contributed by atoms with Gasteiger partial charge in [-0.25, -0.2) is 0 Å². The number of ether oxygens (including phenoxy) is 1. The third-order valence-corrected chi connectivity index (χ3v) is 3.88. The third-order valence-electron chi connectivity index (χ3n) is 3.88. The van der Waals surface area contributed by atoms with E-state index in [-0.39, 0.29) is 6.10 Å². The maximum atomic E-state index is 6.11. The average Bonchev–Trinajstić information content (AvgIpc) is 3.05. The van der Waals surface area contributed by atoms with Crippen LogP contribution >= 0.6 is 0 Å². The molecule has 0 radical (unpaired) electrons. The molecule has 1 aliphatic rings. The lowest BCUT2D eigenvalue weighted by atomic mass is 10.2.